The van der Waals surface area contributed by atoms with Gasteiger partial charge in [0, 0.05) is 31.7 Å². The molecule has 0 bridgehead atoms. The zero-order chi connectivity index (χ0) is 13.1. The molecule has 1 heterocycles. The number of imidazole rings is 1. The number of hydrogen-bond acceptors (Lipinski definition) is 3. The highest BCUT2D eigenvalue weighted by molar-refractivity contribution is 7.89. The Kier molecular flexibility index (Phi) is 4.97. The highest BCUT2D eigenvalue weighted by atomic mass is 35.5. The van der Waals surface area contributed by atoms with Crippen LogP contribution in [0.15, 0.2) is 17.6 Å². The van der Waals surface area contributed by atoms with E-state index in [9.17, 15) is 8.42 Å². The van der Waals surface area contributed by atoms with Gasteiger partial charge in [-0.3, -0.25) is 0 Å². The lowest BCUT2D eigenvalue weighted by atomic mass is 10.3. The van der Waals surface area contributed by atoms with Crippen LogP contribution in [0.2, 0.25) is 0 Å². The van der Waals surface area contributed by atoms with E-state index in [0.717, 1.165) is 0 Å². The molecule has 98 valence electrons. The molecule has 0 saturated carbocycles. The monoisotopic (exact) mass is 279 g/mol. The maximum atomic E-state index is 12.1. The van der Waals surface area contributed by atoms with Crippen LogP contribution >= 0.6 is 11.6 Å². The molecule has 0 aromatic carbocycles. The van der Waals surface area contributed by atoms with E-state index < -0.39 is 10.0 Å². The van der Waals surface area contributed by atoms with Gasteiger partial charge in [0.2, 0.25) is 0 Å². The summed E-state index contributed by atoms with van der Waals surface area (Å²) < 4.78 is 27.2. The van der Waals surface area contributed by atoms with Crippen molar-refractivity contribution in [2.24, 2.45) is 0 Å². The molecule has 1 atom stereocenters. The molecular weight excluding hydrogens is 262 g/mol. The molecule has 1 unspecified atom stereocenters. The van der Waals surface area contributed by atoms with Crippen molar-refractivity contribution < 1.29 is 8.42 Å². The minimum Gasteiger partial charge on any atom is -0.336 e. The summed E-state index contributed by atoms with van der Waals surface area (Å²) >= 11 is 5.80. The summed E-state index contributed by atoms with van der Waals surface area (Å²) in [5.41, 5.74) is 0. The summed E-state index contributed by atoms with van der Waals surface area (Å²) in [5.74, 6) is 0. The maximum absolute atomic E-state index is 12.1. The maximum Gasteiger partial charge on any atom is 0.261 e. The highest BCUT2D eigenvalue weighted by Gasteiger charge is 2.23. The molecule has 0 aliphatic carbocycles. The van der Waals surface area contributed by atoms with Gasteiger partial charge in [-0.05, 0) is 20.3 Å². The minimum absolute atomic E-state index is 0.0409. The van der Waals surface area contributed by atoms with Gasteiger partial charge in [0.25, 0.3) is 10.0 Å². The summed E-state index contributed by atoms with van der Waals surface area (Å²) in [6.07, 6.45) is 3.67. The van der Waals surface area contributed by atoms with Gasteiger partial charge in [-0.15, -0.1) is 11.6 Å². The average Bonchev–Trinajstić information content (AvgIpc) is 2.74. The molecule has 5 nitrogen and oxygen atoms in total. The van der Waals surface area contributed by atoms with Gasteiger partial charge in [0.1, 0.15) is 0 Å². The van der Waals surface area contributed by atoms with E-state index in [2.05, 4.69) is 4.98 Å². The Morgan fingerprint density at radius 1 is 1.59 bits per heavy atom. The Balaban J connectivity index is 2.79. The first-order valence-corrected chi connectivity index (χ1v) is 7.37. The minimum atomic E-state index is -3.48. The van der Waals surface area contributed by atoms with Crippen LogP contribution in [-0.4, -0.2) is 41.2 Å². The van der Waals surface area contributed by atoms with Crippen LogP contribution in [0, 0.1) is 0 Å². The Hall–Kier alpha value is -0.590. The molecule has 0 saturated heterocycles. The highest BCUT2D eigenvalue weighted by Crippen LogP contribution is 2.13. The van der Waals surface area contributed by atoms with Crippen molar-refractivity contribution in [1.82, 2.24) is 13.9 Å². The second-order valence-corrected chi connectivity index (χ2v) is 6.68. The number of nitrogens with zero attached hydrogens (tertiary/aromatic N) is 3. The lowest BCUT2D eigenvalue weighted by Gasteiger charge is -2.15. The van der Waals surface area contributed by atoms with Gasteiger partial charge < -0.3 is 4.57 Å². The standard InChI is InChI=1S/C10H18ClN3O2S/c1-4-14-7-10(12-8-14)17(15,16)13(3)6-5-9(2)11/h7-9H,4-6H2,1-3H3. The summed E-state index contributed by atoms with van der Waals surface area (Å²) in [6, 6.07) is 0. The first kappa shape index (κ1) is 14.5. The number of halogens is 1. The number of sulfonamides is 1. The van der Waals surface area contributed by atoms with Crippen molar-refractivity contribution in [3.63, 3.8) is 0 Å². The van der Waals surface area contributed by atoms with E-state index in [1.54, 1.807) is 11.6 Å². The third-order valence-electron chi connectivity index (χ3n) is 2.49. The predicted octanol–water partition coefficient (Wildman–Crippen LogP) is 1.54. The van der Waals surface area contributed by atoms with Crippen LogP contribution < -0.4 is 0 Å². The lowest BCUT2D eigenvalue weighted by Crippen LogP contribution is -2.29. The SMILES string of the molecule is CCn1cnc(S(=O)(=O)N(C)CCC(C)Cl)c1. The molecule has 0 radical (unpaired) electrons. The smallest absolute Gasteiger partial charge is 0.261 e. The zero-order valence-corrected chi connectivity index (χ0v) is 11.9. The van der Waals surface area contributed by atoms with Crippen molar-refractivity contribution in [3.05, 3.63) is 12.5 Å². The van der Waals surface area contributed by atoms with E-state index in [1.165, 1.54) is 16.8 Å². The quantitative estimate of drug-likeness (QED) is 0.742. The Bertz CT molecular complexity index is 456. The number of hydrogen-bond donors (Lipinski definition) is 0. The second-order valence-electron chi connectivity index (χ2n) is 3.94. The summed E-state index contributed by atoms with van der Waals surface area (Å²) in [4.78, 5) is 3.91. The second kappa shape index (κ2) is 5.84. The molecule has 1 aromatic rings. The summed E-state index contributed by atoms with van der Waals surface area (Å²) in [6.45, 7) is 4.86. The van der Waals surface area contributed by atoms with Crippen LogP contribution in [0.25, 0.3) is 0 Å². The fourth-order valence-corrected chi connectivity index (χ4v) is 2.50. The van der Waals surface area contributed by atoms with Crippen LogP contribution in [0.5, 0.6) is 0 Å². The molecule has 1 rings (SSSR count). The van der Waals surface area contributed by atoms with Gasteiger partial charge in [-0.25, -0.2) is 13.4 Å². The van der Waals surface area contributed by atoms with E-state index in [4.69, 9.17) is 11.6 Å². The molecule has 1 aromatic heterocycles. The fourth-order valence-electron chi connectivity index (χ4n) is 1.29. The Morgan fingerprint density at radius 2 is 2.24 bits per heavy atom. The first-order chi connectivity index (χ1) is 7.87. The van der Waals surface area contributed by atoms with Gasteiger partial charge in [0.15, 0.2) is 5.03 Å². The summed E-state index contributed by atoms with van der Waals surface area (Å²) in [7, 11) is -1.94. The van der Waals surface area contributed by atoms with E-state index in [-0.39, 0.29) is 10.4 Å². The van der Waals surface area contributed by atoms with Crippen LogP contribution in [-0.2, 0) is 16.6 Å². The average molecular weight is 280 g/mol. The van der Waals surface area contributed by atoms with E-state index in [1.807, 2.05) is 13.8 Å². The molecule has 0 aliphatic rings. The van der Waals surface area contributed by atoms with E-state index in [0.29, 0.717) is 19.5 Å². The van der Waals surface area contributed by atoms with Gasteiger partial charge in [-0.2, -0.15) is 4.31 Å². The molecule has 7 heteroatoms. The van der Waals surface area contributed by atoms with Crippen molar-refractivity contribution in [2.45, 2.75) is 37.2 Å². The normalized spacial score (nSPS) is 14.2. The fraction of sp³-hybridized carbons (Fsp3) is 0.700. The molecular formula is C10H18ClN3O2S. The molecule has 0 fully saturated rings. The van der Waals surface area contributed by atoms with Crippen LogP contribution in [0.3, 0.4) is 0 Å². The van der Waals surface area contributed by atoms with Crippen LogP contribution in [0.1, 0.15) is 20.3 Å². The van der Waals surface area contributed by atoms with Gasteiger partial charge in [0.05, 0.1) is 6.33 Å². The Labute approximate surface area is 107 Å². The molecule has 17 heavy (non-hydrogen) atoms. The van der Waals surface area contributed by atoms with Crippen molar-refractivity contribution >= 4 is 21.6 Å². The molecule has 0 aliphatic heterocycles. The molecule has 0 spiro atoms. The van der Waals surface area contributed by atoms with Crippen LogP contribution in [0.4, 0.5) is 0 Å². The number of alkyl halides is 1. The zero-order valence-electron chi connectivity index (χ0n) is 10.3. The van der Waals surface area contributed by atoms with E-state index >= 15 is 0 Å². The number of aryl methyl sites for hydroxylation is 1. The van der Waals surface area contributed by atoms with Gasteiger partial charge >= 0.3 is 0 Å². The third-order valence-corrected chi connectivity index (χ3v) is 4.45. The van der Waals surface area contributed by atoms with Crippen molar-refractivity contribution in [2.75, 3.05) is 13.6 Å². The number of rotatable bonds is 6. The molecule has 0 amide bonds. The first-order valence-electron chi connectivity index (χ1n) is 5.50. The number of aromatic nitrogens is 2. The van der Waals surface area contributed by atoms with Gasteiger partial charge in [-0.1, -0.05) is 0 Å². The topological polar surface area (TPSA) is 55.2 Å². The predicted molar refractivity (Wildman–Crippen MR) is 67.6 cm³/mol. The summed E-state index contributed by atoms with van der Waals surface area (Å²) in [5, 5.41) is 0.0462. The molecule has 0 N–H and O–H groups in total. The Morgan fingerprint density at radius 3 is 2.71 bits per heavy atom. The van der Waals surface area contributed by atoms with Crippen molar-refractivity contribution in [1.29, 1.82) is 0 Å². The third kappa shape index (κ3) is 3.69. The van der Waals surface area contributed by atoms with Crippen molar-refractivity contribution in [3.8, 4) is 0 Å². The largest absolute Gasteiger partial charge is 0.336 e. The lowest BCUT2D eigenvalue weighted by molar-refractivity contribution is 0.458.